The van der Waals surface area contributed by atoms with E-state index in [1.807, 2.05) is 30.3 Å². The lowest BCUT2D eigenvalue weighted by Crippen LogP contribution is -2.23. The minimum Gasteiger partial charge on any atom is -0.508 e. The standard InChI is InChI=1S/C15H16N2O3/c1-20-14(10-5-3-2-4-6-10)15(19)17-13-8-7-11(18)9-12(13)16/h2-9,14,18H,16H2,1H3,(H,17,19). The third-order valence-electron chi connectivity index (χ3n) is 2.87. The molecule has 2 rings (SSSR count). The molecule has 104 valence electrons. The van der Waals surface area contributed by atoms with Crippen LogP contribution in [0.25, 0.3) is 0 Å². The first-order valence-corrected chi connectivity index (χ1v) is 6.09. The van der Waals surface area contributed by atoms with E-state index < -0.39 is 6.10 Å². The maximum Gasteiger partial charge on any atom is 0.258 e. The van der Waals surface area contributed by atoms with Crippen LogP contribution < -0.4 is 11.1 Å². The molecular weight excluding hydrogens is 256 g/mol. The zero-order chi connectivity index (χ0) is 14.5. The number of ether oxygens (including phenoxy) is 1. The molecule has 0 saturated carbocycles. The van der Waals surface area contributed by atoms with E-state index in [-0.39, 0.29) is 11.7 Å². The molecule has 0 aliphatic carbocycles. The van der Waals surface area contributed by atoms with E-state index in [1.54, 1.807) is 6.07 Å². The van der Waals surface area contributed by atoms with E-state index >= 15 is 0 Å². The Labute approximate surface area is 117 Å². The minimum absolute atomic E-state index is 0.0480. The van der Waals surface area contributed by atoms with Crippen LogP contribution in [0.15, 0.2) is 48.5 Å². The quantitative estimate of drug-likeness (QED) is 0.589. The van der Waals surface area contributed by atoms with E-state index in [4.69, 9.17) is 10.5 Å². The Morgan fingerprint density at radius 2 is 1.95 bits per heavy atom. The Morgan fingerprint density at radius 3 is 2.55 bits per heavy atom. The summed E-state index contributed by atoms with van der Waals surface area (Å²) in [6.07, 6.45) is -0.718. The van der Waals surface area contributed by atoms with Crippen LogP contribution >= 0.6 is 0 Å². The van der Waals surface area contributed by atoms with Gasteiger partial charge in [0, 0.05) is 13.2 Å². The van der Waals surface area contributed by atoms with Gasteiger partial charge in [0.05, 0.1) is 11.4 Å². The van der Waals surface area contributed by atoms with Crippen LogP contribution in [0.3, 0.4) is 0 Å². The molecule has 1 unspecified atom stereocenters. The Morgan fingerprint density at radius 1 is 1.25 bits per heavy atom. The molecule has 0 aliphatic heterocycles. The summed E-state index contributed by atoms with van der Waals surface area (Å²) in [4.78, 5) is 12.2. The van der Waals surface area contributed by atoms with E-state index in [1.165, 1.54) is 19.2 Å². The largest absolute Gasteiger partial charge is 0.508 e. The normalized spacial score (nSPS) is 11.8. The van der Waals surface area contributed by atoms with Crippen molar-refractivity contribution < 1.29 is 14.6 Å². The molecule has 0 radical (unpaired) electrons. The van der Waals surface area contributed by atoms with Crippen molar-refractivity contribution in [1.29, 1.82) is 0 Å². The minimum atomic E-state index is -0.718. The SMILES string of the molecule is COC(C(=O)Nc1ccc(O)cc1N)c1ccccc1. The highest BCUT2D eigenvalue weighted by atomic mass is 16.5. The summed E-state index contributed by atoms with van der Waals surface area (Å²) in [5, 5.41) is 12.0. The third-order valence-corrected chi connectivity index (χ3v) is 2.87. The Kier molecular flexibility index (Phi) is 4.22. The van der Waals surface area contributed by atoms with Gasteiger partial charge in [0.15, 0.2) is 6.10 Å². The van der Waals surface area contributed by atoms with Gasteiger partial charge in [0.2, 0.25) is 0 Å². The number of hydrogen-bond donors (Lipinski definition) is 3. The molecule has 1 amide bonds. The van der Waals surface area contributed by atoms with E-state index in [0.717, 1.165) is 5.56 Å². The van der Waals surface area contributed by atoms with Crippen molar-refractivity contribution in [2.45, 2.75) is 6.10 Å². The summed E-state index contributed by atoms with van der Waals surface area (Å²) in [6, 6.07) is 13.5. The zero-order valence-corrected chi connectivity index (χ0v) is 11.0. The molecular formula is C15H16N2O3. The smallest absolute Gasteiger partial charge is 0.258 e. The van der Waals surface area contributed by atoms with Gasteiger partial charge in [-0.15, -0.1) is 0 Å². The number of carbonyl (C=O) groups is 1. The second-order valence-electron chi connectivity index (χ2n) is 4.29. The van der Waals surface area contributed by atoms with Gasteiger partial charge < -0.3 is 20.9 Å². The van der Waals surface area contributed by atoms with Crippen molar-refractivity contribution in [3.63, 3.8) is 0 Å². The Hall–Kier alpha value is -2.53. The molecule has 0 bridgehead atoms. The number of benzene rings is 2. The third kappa shape index (κ3) is 3.07. The summed E-state index contributed by atoms with van der Waals surface area (Å²) in [6.45, 7) is 0. The molecule has 0 spiro atoms. The highest BCUT2D eigenvalue weighted by Crippen LogP contribution is 2.25. The van der Waals surface area contributed by atoms with Gasteiger partial charge in [0.25, 0.3) is 5.91 Å². The number of nitrogens with two attached hydrogens (primary N) is 1. The monoisotopic (exact) mass is 272 g/mol. The van der Waals surface area contributed by atoms with Gasteiger partial charge in [-0.3, -0.25) is 4.79 Å². The van der Waals surface area contributed by atoms with Gasteiger partial charge >= 0.3 is 0 Å². The predicted molar refractivity (Wildman–Crippen MR) is 77.3 cm³/mol. The van der Waals surface area contributed by atoms with E-state index in [9.17, 15) is 9.90 Å². The predicted octanol–water partition coefficient (Wildman–Crippen LogP) is 2.30. The second-order valence-corrected chi connectivity index (χ2v) is 4.29. The van der Waals surface area contributed by atoms with Crippen LogP contribution in [-0.2, 0) is 9.53 Å². The molecule has 0 heterocycles. The van der Waals surface area contributed by atoms with Crippen molar-refractivity contribution >= 4 is 17.3 Å². The number of rotatable bonds is 4. The van der Waals surface area contributed by atoms with Crippen LogP contribution in [0.2, 0.25) is 0 Å². The first-order valence-electron chi connectivity index (χ1n) is 6.09. The fourth-order valence-electron chi connectivity index (χ4n) is 1.88. The summed E-state index contributed by atoms with van der Waals surface area (Å²) in [7, 11) is 1.47. The first kappa shape index (κ1) is 13.9. The number of amides is 1. The van der Waals surface area contributed by atoms with Crippen molar-refractivity contribution in [3.05, 3.63) is 54.1 Å². The molecule has 20 heavy (non-hydrogen) atoms. The zero-order valence-electron chi connectivity index (χ0n) is 11.0. The topological polar surface area (TPSA) is 84.6 Å². The van der Waals surface area contributed by atoms with Gasteiger partial charge in [-0.25, -0.2) is 0 Å². The van der Waals surface area contributed by atoms with Gasteiger partial charge in [-0.2, -0.15) is 0 Å². The highest BCUT2D eigenvalue weighted by molar-refractivity contribution is 5.97. The number of phenolic OH excluding ortho intramolecular Hbond substituents is 1. The van der Waals surface area contributed by atoms with Crippen LogP contribution in [0, 0.1) is 0 Å². The number of anilines is 2. The number of nitrogens with one attached hydrogen (secondary N) is 1. The molecule has 1 atom stereocenters. The maximum atomic E-state index is 12.2. The number of methoxy groups -OCH3 is 1. The molecule has 2 aromatic rings. The summed E-state index contributed by atoms with van der Waals surface area (Å²) in [5.41, 5.74) is 7.22. The Balaban J connectivity index is 2.18. The summed E-state index contributed by atoms with van der Waals surface area (Å²) in [5.74, 6) is -0.275. The number of hydrogen-bond acceptors (Lipinski definition) is 4. The lowest BCUT2D eigenvalue weighted by molar-refractivity contribution is -0.126. The number of carbonyl (C=O) groups excluding carboxylic acids is 1. The highest BCUT2D eigenvalue weighted by Gasteiger charge is 2.20. The second kappa shape index (κ2) is 6.08. The summed E-state index contributed by atoms with van der Waals surface area (Å²) >= 11 is 0. The lowest BCUT2D eigenvalue weighted by Gasteiger charge is -2.16. The first-order chi connectivity index (χ1) is 9.61. The molecule has 0 aliphatic rings. The van der Waals surface area contributed by atoms with Gasteiger partial charge in [-0.05, 0) is 17.7 Å². The van der Waals surface area contributed by atoms with Crippen LogP contribution in [0.1, 0.15) is 11.7 Å². The Bertz CT molecular complexity index is 599. The van der Waals surface area contributed by atoms with E-state index in [0.29, 0.717) is 11.4 Å². The van der Waals surface area contributed by atoms with Gasteiger partial charge in [0.1, 0.15) is 5.75 Å². The molecule has 2 aromatic carbocycles. The summed E-state index contributed by atoms with van der Waals surface area (Å²) < 4.78 is 5.23. The number of aromatic hydroxyl groups is 1. The average Bonchev–Trinajstić information content (AvgIpc) is 2.44. The average molecular weight is 272 g/mol. The van der Waals surface area contributed by atoms with Crippen molar-refractivity contribution in [2.24, 2.45) is 0 Å². The van der Waals surface area contributed by atoms with Crippen LogP contribution in [-0.4, -0.2) is 18.1 Å². The molecule has 0 saturated heterocycles. The molecule has 0 aromatic heterocycles. The molecule has 5 nitrogen and oxygen atoms in total. The number of phenols is 1. The molecule has 0 fully saturated rings. The van der Waals surface area contributed by atoms with Crippen LogP contribution in [0.4, 0.5) is 11.4 Å². The lowest BCUT2D eigenvalue weighted by atomic mass is 10.1. The van der Waals surface area contributed by atoms with Crippen LogP contribution in [0.5, 0.6) is 5.75 Å². The number of nitrogen functional groups attached to an aromatic ring is 1. The van der Waals surface area contributed by atoms with E-state index in [2.05, 4.69) is 5.32 Å². The molecule has 5 heteroatoms. The molecule has 4 N–H and O–H groups in total. The van der Waals surface area contributed by atoms with Crippen molar-refractivity contribution in [1.82, 2.24) is 0 Å². The van der Waals surface area contributed by atoms with Gasteiger partial charge in [-0.1, -0.05) is 30.3 Å². The fourth-order valence-corrected chi connectivity index (χ4v) is 1.88. The van der Waals surface area contributed by atoms with Crippen molar-refractivity contribution in [2.75, 3.05) is 18.2 Å². The fraction of sp³-hybridized carbons (Fsp3) is 0.133. The maximum absolute atomic E-state index is 12.2. The van der Waals surface area contributed by atoms with Crippen molar-refractivity contribution in [3.8, 4) is 5.75 Å².